The highest BCUT2D eigenvalue weighted by molar-refractivity contribution is 6.31. The van der Waals surface area contributed by atoms with Crippen LogP contribution in [0.4, 0.5) is 8.78 Å². The van der Waals surface area contributed by atoms with Crippen LogP contribution in [0.3, 0.4) is 0 Å². The predicted octanol–water partition coefficient (Wildman–Crippen LogP) is 3.09. The molecule has 6 heteroatoms. The summed E-state index contributed by atoms with van der Waals surface area (Å²) in [6.07, 6.45) is -1.73. The number of hydrogen-bond acceptors (Lipinski definition) is 3. The van der Waals surface area contributed by atoms with Crippen LogP contribution in [0.15, 0.2) is 6.20 Å². The normalized spacial score (nSPS) is 10.7. The van der Waals surface area contributed by atoms with E-state index in [-0.39, 0.29) is 34.9 Å². The number of rotatable bonds is 4. The molecule has 0 amide bonds. The molecule has 0 saturated carbocycles. The molecule has 0 aromatic carbocycles. The zero-order valence-electron chi connectivity index (χ0n) is 9.47. The number of ether oxygens (including phenoxy) is 1. The summed E-state index contributed by atoms with van der Waals surface area (Å²) in [7, 11) is 0. The first-order valence-corrected chi connectivity index (χ1v) is 5.42. The average Bonchev–Trinajstić information content (AvgIpc) is 2.23. The fourth-order valence-electron chi connectivity index (χ4n) is 1.43. The molecule has 0 aliphatic carbocycles. The molecular weight excluding hydrogens is 252 g/mol. The number of alkyl halides is 2. The zero-order valence-corrected chi connectivity index (χ0v) is 10.2. The molecule has 1 heterocycles. The van der Waals surface area contributed by atoms with Crippen molar-refractivity contribution < 1.29 is 18.3 Å². The number of nitrogens with zero attached hydrogens (tertiary/aromatic N) is 1. The number of carbonyl (C=O) groups excluding carboxylic acids is 1. The lowest BCUT2D eigenvalue weighted by atomic mass is 10.1. The molecule has 94 valence electrons. The number of pyridine rings is 1. The van der Waals surface area contributed by atoms with Crippen molar-refractivity contribution in [3.05, 3.63) is 28.0 Å². The molecule has 1 aromatic rings. The summed E-state index contributed by atoms with van der Waals surface area (Å²) < 4.78 is 30.4. The van der Waals surface area contributed by atoms with Gasteiger partial charge in [0, 0.05) is 11.8 Å². The van der Waals surface area contributed by atoms with Crippen LogP contribution in [0, 0.1) is 6.92 Å². The lowest BCUT2D eigenvalue weighted by molar-refractivity contribution is -0.142. The third kappa shape index (κ3) is 3.36. The second kappa shape index (κ2) is 5.91. The van der Waals surface area contributed by atoms with Crippen LogP contribution in [-0.4, -0.2) is 17.6 Å². The molecule has 0 aliphatic heterocycles. The Kier molecular flexibility index (Phi) is 4.81. The summed E-state index contributed by atoms with van der Waals surface area (Å²) in [5.74, 6) is -0.580. The Hall–Kier alpha value is -1.23. The van der Waals surface area contributed by atoms with E-state index < -0.39 is 12.4 Å². The van der Waals surface area contributed by atoms with Crippen molar-refractivity contribution >= 4 is 17.6 Å². The monoisotopic (exact) mass is 263 g/mol. The van der Waals surface area contributed by atoms with E-state index in [0.717, 1.165) is 0 Å². The van der Waals surface area contributed by atoms with Crippen LogP contribution in [0.2, 0.25) is 5.02 Å². The fourth-order valence-corrected chi connectivity index (χ4v) is 1.58. The summed E-state index contributed by atoms with van der Waals surface area (Å²) >= 11 is 5.72. The van der Waals surface area contributed by atoms with Gasteiger partial charge in [-0.05, 0) is 19.4 Å². The maximum absolute atomic E-state index is 12.9. The van der Waals surface area contributed by atoms with Crippen molar-refractivity contribution in [1.82, 2.24) is 4.98 Å². The molecule has 17 heavy (non-hydrogen) atoms. The zero-order chi connectivity index (χ0) is 13.0. The van der Waals surface area contributed by atoms with Crippen molar-refractivity contribution in [2.24, 2.45) is 0 Å². The van der Waals surface area contributed by atoms with Gasteiger partial charge in [0.2, 0.25) is 0 Å². The Morgan fingerprint density at radius 1 is 1.59 bits per heavy atom. The van der Waals surface area contributed by atoms with Crippen LogP contribution in [0.1, 0.15) is 30.2 Å². The van der Waals surface area contributed by atoms with Crippen LogP contribution < -0.4 is 0 Å². The second-order valence-electron chi connectivity index (χ2n) is 3.37. The van der Waals surface area contributed by atoms with Crippen LogP contribution in [-0.2, 0) is 16.0 Å². The molecule has 0 spiro atoms. The van der Waals surface area contributed by atoms with Gasteiger partial charge in [0.05, 0.1) is 23.7 Å². The van der Waals surface area contributed by atoms with Gasteiger partial charge in [-0.15, -0.1) is 0 Å². The minimum Gasteiger partial charge on any atom is -0.466 e. The Balaban J connectivity index is 3.07. The highest BCUT2D eigenvalue weighted by Crippen LogP contribution is 2.29. The molecule has 0 unspecified atom stereocenters. The maximum atomic E-state index is 12.9. The van der Waals surface area contributed by atoms with Gasteiger partial charge in [0.25, 0.3) is 6.43 Å². The van der Waals surface area contributed by atoms with Gasteiger partial charge in [-0.3, -0.25) is 9.78 Å². The summed E-state index contributed by atoms with van der Waals surface area (Å²) in [4.78, 5) is 15.0. The third-order valence-electron chi connectivity index (χ3n) is 2.24. The Morgan fingerprint density at radius 2 is 2.24 bits per heavy atom. The van der Waals surface area contributed by atoms with Gasteiger partial charge >= 0.3 is 5.97 Å². The summed E-state index contributed by atoms with van der Waals surface area (Å²) in [6.45, 7) is 3.32. The molecule has 1 aromatic heterocycles. The number of hydrogen-bond donors (Lipinski definition) is 0. The van der Waals surface area contributed by atoms with Gasteiger partial charge in [0.1, 0.15) is 0 Å². The molecule has 0 radical (unpaired) electrons. The van der Waals surface area contributed by atoms with E-state index in [1.54, 1.807) is 6.92 Å². The maximum Gasteiger partial charge on any atom is 0.311 e. The van der Waals surface area contributed by atoms with E-state index >= 15 is 0 Å². The second-order valence-corrected chi connectivity index (χ2v) is 3.78. The van der Waals surface area contributed by atoms with E-state index in [0.29, 0.717) is 0 Å². The molecule has 0 bridgehead atoms. The summed E-state index contributed by atoms with van der Waals surface area (Å²) in [6, 6.07) is 0. The predicted molar refractivity (Wildman–Crippen MR) is 59.3 cm³/mol. The van der Waals surface area contributed by atoms with Gasteiger partial charge in [-0.2, -0.15) is 0 Å². The summed E-state index contributed by atoms with van der Waals surface area (Å²) in [5.41, 5.74) is -0.0260. The number of aromatic nitrogens is 1. The minimum atomic E-state index is -2.72. The Morgan fingerprint density at radius 3 is 2.76 bits per heavy atom. The molecule has 1 rings (SSSR count). The highest BCUT2D eigenvalue weighted by Gasteiger charge is 2.21. The highest BCUT2D eigenvalue weighted by atomic mass is 35.5. The standard InChI is InChI=1S/C11H12ClF2NO2/c1-3-17-9(16)4-8-10(11(13)14)6(2)7(12)5-15-8/h5,11H,3-4H2,1-2H3. The first kappa shape index (κ1) is 13.8. The number of carbonyl (C=O) groups is 1. The molecule has 0 atom stereocenters. The van der Waals surface area contributed by atoms with E-state index in [1.807, 2.05) is 0 Å². The molecule has 0 fully saturated rings. The van der Waals surface area contributed by atoms with E-state index in [9.17, 15) is 13.6 Å². The SMILES string of the molecule is CCOC(=O)Cc1ncc(Cl)c(C)c1C(F)F. The van der Waals surface area contributed by atoms with E-state index in [1.165, 1.54) is 13.1 Å². The molecule has 3 nitrogen and oxygen atoms in total. The largest absolute Gasteiger partial charge is 0.466 e. The van der Waals surface area contributed by atoms with Crippen LogP contribution in [0.5, 0.6) is 0 Å². The molecule has 0 saturated heterocycles. The van der Waals surface area contributed by atoms with E-state index in [2.05, 4.69) is 4.98 Å². The van der Waals surface area contributed by atoms with Crippen molar-refractivity contribution in [1.29, 1.82) is 0 Å². The van der Waals surface area contributed by atoms with Gasteiger partial charge in [-0.25, -0.2) is 8.78 Å². The Bertz CT molecular complexity index is 424. The lowest BCUT2D eigenvalue weighted by Crippen LogP contribution is -2.12. The number of halogens is 3. The average molecular weight is 264 g/mol. The first-order valence-electron chi connectivity index (χ1n) is 5.05. The topological polar surface area (TPSA) is 39.2 Å². The lowest BCUT2D eigenvalue weighted by Gasteiger charge is -2.11. The first-order chi connectivity index (χ1) is 7.97. The van der Waals surface area contributed by atoms with E-state index in [4.69, 9.17) is 16.3 Å². The molecule has 0 aliphatic rings. The minimum absolute atomic E-state index is 0.0142. The summed E-state index contributed by atoms with van der Waals surface area (Å²) in [5, 5.41) is 0.160. The third-order valence-corrected chi connectivity index (χ3v) is 2.62. The van der Waals surface area contributed by atoms with Gasteiger partial charge < -0.3 is 4.74 Å². The fraction of sp³-hybridized carbons (Fsp3) is 0.455. The quantitative estimate of drug-likeness (QED) is 0.784. The van der Waals surface area contributed by atoms with Crippen molar-refractivity contribution in [3.63, 3.8) is 0 Å². The van der Waals surface area contributed by atoms with Crippen LogP contribution >= 0.6 is 11.6 Å². The van der Waals surface area contributed by atoms with Crippen molar-refractivity contribution in [2.45, 2.75) is 26.7 Å². The van der Waals surface area contributed by atoms with Gasteiger partial charge in [0.15, 0.2) is 0 Å². The Labute approximate surface area is 103 Å². The van der Waals surface area contributed by atoms with Crippen molar-refractivity contribution in [3.8, 4) is 0 Å². The smallest absolute Gasteiger partial charge is 0.311 e. The molecule has 0 N–H and O–H groups in total. The van der Waals surface area contributed by atoms with Crippen LogP contribution in [0.25, 0.3) is 0 Å². The van der Waals surface area contributed by atoms with Crippen molar-refractivity contribution in [2.75, 3.05) is 6.61 Å². The molecular formula is C11H12ClF2NO2. The van der Waals surface area contributed by atoms with Gasteiger partial charge in [-0.1, -0.05) is 11.6 Å². The number of esters is 1.